The second kappa shape index (κ2) is 17.6. The molecule has 0 unspecified atom stereocenters. The number of benzene rings is 10. The Balaban J connectivity index is 1.03. The van der Waals surface area contributed by atoms with Crippen LogP contribution in [0.5, 0.6) is 0 Å². The SMILES string of the molecule is C(/C=C/c1ccc(N(c2ccc(-c3c4ccccc4cc4ccccc34)cc2)c2ccc(N(c3ccccc3)c3ccccc3)cc2)cc1)=C(c1ccccc1)c1ccccc1. The van der Waals surface area contributed by atoms with Crippen molar-refractivity contribution in [3.63, 3.8) is 0 Å². The van der Waals surface area contributed by atoms with E-state index in [0.29, 0.717) is 0 Å². The highest BCUT2D eigenvalue weighted by atomic mass is 15.2. The lowest BCUT2D eigenvalue weighted by molar-refractivity contribution is 1.25. The molecule has 0 aliphatic heterocycles. The molecule has 2 nitrogen and oxygen atoms in total. The number of para-hydroxylation sites is 2. The Labute approximate surface area is 364 Å². The van der Waals surface area contributed by atoms with Crippen LogP contribution in [-0.4, -0.2) is 0 Å². The Morgan fingerprint density at radius 1 is 0.323 bits per heavy atom. The molecule has 0 aromatic heterocycles. The van der Waals surface area contributed by atoms with E-state index >= 15 is 0 Å². The molecule has 0 fully saturated rings. The summed E-state index contributed by atoms with van der Waals surface area (Å²) in [7, 11) is 0. The van der Waals surface area contributed by atoms with Crippen molar-refractivity contribution in [3.8, 4) is 11.1 Å². The molecular formula is C60H44N2. The van der Waals surface area contributed by atoms with Crippen molar-refractivity contribution in [1.29, 1.82) is 0 Å². The van der Waals surface area contributed by atoms with Gasteiger partial charge in [-0.3, -0.25) is 0 Å². The predicted octanol–water partition coefficient (Wildman–Crippen LogP) is 16.7. The van der Waals surface area contributed by atoms with Crippen molar-refractivity contribution in [1.82, 2.24) is 0 Å². The van der Waals surface area contributed by atoms with Crippen molar-refractivity contribution < 1.29 is 0 Å². The average molecular weight is 793 g/mol. The monoisotopic (exact) mass is 792 g/mol. The minimum Gasteiger partial charge on any atom is -0.311 e. The zero-order valence-corrected chi connectivity index (χ0v) is 34.3. The smallest absolute Gasteiger partial charge is 0.0463 e. The maximum atomic E-state index is 2.35. The molecule has 0 atom stereocenters. The summed E-state index contributed by atoms with van der Waals surface area (Å²) in [5.74, 6) is 0. The second-order valence-corrected chi connectivity index (χ2v) is 15.4. The van der Waals surface area contributed by atoms with E-state index in [-0.39, 0.29) is 0 Å². The lowest BCUT2D eigenvalue weighted by Crippen LogP contribution is -2.12. The van der Waals surface area contributed by atoms with Gasteiger partial charge in [-0.25, -0.2) is 0 Å². The lowest BCUT2D eigenvalue weighted by Gasteiger charge is -2.28. The summed E-state index contributed by atoms with van der Waals surface area (Å²) < 4.78 is 0. The largest absolute Gasteiger partial charge is 0.311 e. The summed E-state index contributed by atoms with van der Waals surface area (Å²) in [5.41, 5.74) is 13.7. The Hall–Kier alpha value is -8.20. The van der Waals surface area contributed by atoms with Crippen LogP contribution < -0.4 is 9.80 Å². The van der Waals surface area contributed by atoms with E-state index in [1.165, 1.54) is 49.4 Å². The quantitative estimate of drug-likeness (QED) is 0.0951. The van der Waals surface area contributed by atoms with Gasteiger partial charge in [-0.05, 0) is 134 Å². The van der Waals surface area contributed by atoms with E-state index in [0.717, 1.165) is 39.7 Å². The second-order valence-electron chi connectivity index (χ2n) is 15.4. The van der Waals surface area contributed by atoms with E-state index in [1.54, 1.807) is 0 Å². The average Bonchev–Trinajstić information content (AvgIpc) is 3.35. The molecule has 0 bridgehead atoms. The van der Waals surface area contributed by atoms with Crippen LogP contribution in [0.2, 0.25) is 0 Å². The van der Waals surface area contributed by atoms with Crippen molar-refractivity contribution in [2.45, 2.75) is 0 Å². The van der Waals surface area contributed by atoms with E-state index in [1.807, 2.05) is 0 Å². The summed E-state index contributed by atoms with van der Waals surface area (Å²) in [6.45, 7) is 0. The first kappa shape index (κ1) is 38.0. The standard InChI is InChI=1S/C60H44N2/c1-5-19-46(20-6-1)57(47-21-7-2-8-22-47)31-17-18-45-32-36-53(37-33-45)62(56-42-40-55(41-43-56)61(51-25-9-3-10-26-51)52-27-11-4-12-28-52)54-38-34-48(35-39-54)60-58-29-15-13-23-49(58)44-50-24-14-16-30-59(50)60/h1-44H/b18-17+. The van der Waals surface area contributed by atoms with Gasteiger partial charge >= 0.3 is 0 Å². The highest BCUT2D eigenvalue weighted by Gasteiger charge is 2.17. The van der Waals surface area contributed by atoms with Crippen molar-refractivity contribution >= 4 is 67.3 Å². The van der Waals surface area contributed by atoms with Crippen molar-refractivity contribution in [3.05, 3.63) is 278 Å². The molecule has 0 saturated carbocycles. The number of rotatable bonds is 11. The normalized spacial score (nSPS) is 11.2. The van der Waals surface area contributed by atoms with Crippen LogP contribution in [0.25, 0.3) is 44.3 Å². The van der Waals surface area contributed by atoms with Gasteiger partial charge < -0.3 is 9.80 Å². The third kappa shape index (κ3) is 7.93. The van der Waals surface area contributed by atoms with Crippen LogP contribution in [-0.2, 0) is 0 Å². The number of nitrogens with zero attached hydrogens (tertiary/aromatic N) is 2. The van der Waals surface area contributed by atoms with Crippen molar-refractivity contribution in [2.24, 2.45) is 0 Å². The minimum atomic E-state index is 1.07. The molecule has 10 rings (SSSR count). The summed E-state index contributed by atoms with van der Waals surface area (Å²) in [6.07, 6.45) is 6.54. The first-order chi connectivity index (χ1) is 30.8. The maximum Gasteiger partial charge on any atom is 0.0463 e. The first-order valence-electron chi connectivity index (χ1n) is 21.2. The molecule has 10 aromatic rings. The molecule has 0 saturated heterocycles. The number of hydrogen-bond acceptors (Lipinski definition) is 2. The zero-order valence-electron chi connectivity index (χ0n) is 34.3. The highest BCUT2D eigenvalue weighted by Crippen LogP contribution is 2.41. The van der Waals surface area contributed by atoms with Gasteiger partial charge in [-0.1, -0.05) is 188 Å². The summed E-state index contributed by atoms with van der Waals surface area (Å²) >= 11 is 0. The fraction of sp³-hybridized carbons (Fsp3) is 0. The molecule has 0 amide bonds. The van der Waals surface area contributed by atoms with Crippen LogP contribution >= 0.6 is 0 Å². The number of allylic oxidation sites excluding steroid dienone is 2. The van der Waals surface area contributed by atoms with E-state index in [4.69, 9.17) is 0 Å². The summed E-state index contributed by atoms with van der Waals surface area (Å²) in [6, 6.07) is 88.8. The molecule has 62 heavy (non-hydrogen) atoms. The summed E-state index contributed by atoms with van der Waals surface area (Å²) in [4.78, 5) is 4.65. The van der Waals surface area contributed by atoms with Gasteiger partial charge in [0, 0.05) is 34.1 Å². The van der Waals surface area contributed by atoms with Crippen molar-refractivity contribution in [2.75, 3.05) is 9.80 Å². The molecular weight excluding hydrogens is 749 g/mol. The number of fused-ring (bicyclic) bond motifs is 2. The molecule has 0 radical (unpaired) electrons. The molecule has 0 aliphatic rings. The van der Waals surface area contributed by atoms with Gasteiger partial charge in [0.2, 0.25) is 0 Å². The Morgan fingerprint density at radius 2 is 0.677 bits per heavy atom. The summed E-state index contributed by atoms with van der Waals surface area (Å²) in [5, 5.41) is 5.00. The molecule has 0 heterocycles. The Bertz CT molecular complexity index is 2980. The maximum absolute atomic E-state index is 2.35. The van der Waals surface area contributed by atoms with Gasteiger partial charge in [-0.2, -0.15) is 0 Å². The lowest BCUT2D eigenvalue weighted by atomic mass is 9.92. The van der Waals surface area contributed by atoms with Crippen LogP contribution in [0, 0.1) is 0 Å². The van der Waals surface area contributed by atoms with Gasteiger partial charge in [0.1, 0.15) is 0 Å². The molecule has 0 aliphatic carbocycles. The van der Waals surface area contributed by atoms with Gasteiger partial charge in [0.15, 0.2) is 0 Å². The number of hydrogen-bond donors (Lipinski definition) is 0. The first-order valence-corrected chi connectivity index (χ1v) is 21.2. The molecule has 0 spiro atoms. The molecule has 294 valence electrons. The van der Waals surface area contributed by atoms with Gasteiger partial charge in [-0.15, -0.1) is 0 Å². The van der Waals surface area contributed by atoms with Crippen LogP contribution in [0.4, 0.5) is 34.1 Å². The minimum absolute atomic E-state index is 1.07. The van der Waals surface area contributed by atoms with E-state index in [2.05, 4.69) is 277 Å². The van der Waals surface area contributed by atoms with E-state index in [9.17, 15) is 0 Å². The van der Waals surface area contributed by atoms with Crippen LogP contribution in [0.3, 0.4) is 0 Å². The van der Waals surface area contributed by atoms with Crippen LogP contribution in [0.1, 0.15) is 16.7 Å². The van der Waals surface area contributed by atoms with Gasteiger partial charge in [0.25, 0.3) is 0 Å². The third-order valence-corrected chi connectivity index (χ3v) is 11.5. The van der Waals surface area contributed by atoms with E-state index < -0.39 is 0 Å². The highest BCUT2D eigenvalue weighted by molar-refractivity contribution is 6.12. The van der Waals surface area contributed by atoms with Gasteiger partial charge in [0.05, 0.1) is 0 Å². The fourth-order valence-electron chi connectivity index (χ4n) is 8.49. The Morgan fingerprint density at radius 3 is 1.13 bits per heavy atom. The molecule has 2 heteroatoms. The number of anilines is 6. The third-order valence-electron chi connectivity index (χ3n) is 11.5. The Kier molecular flexibility index (Phi) is 10.8. The van der Waals surface area contributed by atoms with Crippen LogP contribution in [0.15, 0.2) is 261 Å². The fourth-order valence-corrected chi connectivity index (χ4v) is 8.49. The topological polar surface area (TPSA) is 6.48 Å². The predicted molar refractivity (Wildman–Crippen MR) is 265 cm³/mol. The zero-order chi connectivity index (χ0) is 41.5. The molecule has 0 N–H and O–H groups in total. The molecule has 10 aromatic carbocycles.